The Hall–Kier alpha value is -2.90. The first-order chi connectivity index (χ1) is 13.6. The van der Waals surface area contributed by atoms with E-state index < -0.39 is 4.92 Å². The van der Waals surface area contributed by atoms with Crippen molar-refractivity contribution < 1.29 is 10.0 Å². The van der Waals surface area contributed by atoms with Gasteiger partial charge in [0.25, 0.3) is 5.69 Å². The molecule has 0 bridgehead atoms. The number of nitrogens with zero attached hydrogens (tertiary/aromatic N) is 2. The Morgan fingerprint density at radius 1 is 1.25 bits per heavy atom. The zero-order chi connectivity index (χ0) is 19.5. The number of fused-ring (bicyclic) bond motifs is 1. The second-order valence-electron chi connectivity index (χ2n) is 7.37. The fourth-order valence-electron chi connectivity index (χ4n) is 3.95. The van der Waals surface area contributed by atoms with Crippen LogP contribution in [0.25, 0.3) is 10.9 Å². The maximum atomic E-state index is 11.4. The number of nitro groups is 1. The molecule has 2 aromatic carbocycles. The molecule has 3 N–H and O–H groups in total. The van der Waals surface area contributed by atoms with Gasteiger partial charge in [0.2, 0.25) is 0 Å². The Balaban J connectivity index is 1.44. The molecule has 1 aromatic heterocycles. The molecule has 0 aliphatic carbocycles. The molecule has 0 amide bonds. The van der Waals surface area contributed by atoms with Crippen molar-refractivity contribution in [3.8, 4) is 0 Å². The highest BCUT2D eigenvalue weighted by molar-refractivity contribution is 5.80. The van der Waals surface area contributed by atoms with E-state index in [1.807, 2.05) is 12.1 Å². The number of hydrogen-bond acceptors (Lipinski definition) is 5. The van der Waals surface area contributed by atoms with Gasteiger partial charge in [0.15, 0.2) is 0 Å². The number of nitro benzene ring substituents is 1. The minimum atomic E-state index is -0.396. The first kappa shape index (κ1) is 18.5. The van der Waals surface area contributed by atoms with E-state index in [1.54, 1.807) is 12.1 Å². The van der Waals surface area contributed by atoms with E-state index in [1.165, 1.54) is 17.1 Å². The monoisotopic (exact) mass is 380 g/mol. The van der Waals surface area contributed by atoms with Crippen LogP contribution in [0.1, 0.15) is 24.1 Å². The van der Waals surface area contributed by atoms with Crippen molar-refractivity contribution in [2.75, 3.05) is 18.4 Å². The van der Waals surface area contributed by atoms with Crippen LogP contribution in [0, 0.1) is 10.1 Å². The van der Waals surface area contributed by atoms with Crippen LogP contribution in [0.4, 0.5) is 11.4 Å². The summed E-state index contributed by atoms with van der Waals surface area (Å²) in [7, 11) is 0. The summed E-state index contributed by atoms with van der Waals surface area (Å²) in [5.74, 6) is 0. The second-order valence-corrected chi connectivity index (χ2v) is 7.37. The lowest BCUT2D eigenvalue weighted by Crippen LogP contribution is -2.41. The van der Waals surface area contributed by atoms with Gasteiger partial charge in [-0.15, -0.1) is 0 Å². The number of benzene rings is 2. The molecule has 1 aliphatic heterocycles. The van der Waals surface area contributed by atoms with E-state index in [9.17, 15) is 15.2 Å². The number of nitrogens with one attached hydrogen (secondary N) is 2. The van der Waals surface area contributed by atoms with Crippen molar-refractivity contribution in [1.82, 2.24) is 9.88 Å². The van der Waals surface area contributed by atoms with Gasteiger partial charge in [-0.05, 0) is 48.5 Å². The fraction of sp³-hybridized carbons (Fsp3) is 0.333. The Labute approximate surface area is 163 Å². The molecule has 2 heterocycles. The zero-order valence-electron chi connectivity index (χ0n) is 15.6. The molecule has 0 radical (unpaired) electrons. The number of hydrogen-bond donors (Lipinski definition) is 3. The predicted molar refractivity (Wildman–Crippen MR) is 109 cm³/mol. The van der Waals surface area contributed by atoms with Crippen molar-refractivity contribution in [3.63, 3.8) is 0 Å². The maximum absolute atomic E-state index is 11.4. The lowest BCUT2D eigenvalue weighted by molar-refractivity contribution is -0.384. The van der Waals surface area contributed by atoms with Gasteiger partial charge in [-0.3, -0.25) is 15.0 Å². The molecule has 7 nitrogen and oxygen atoms in total. The average molecular weight is 380 g/mol. The summed E-state index contributed by atoms with van der Waals surface area (Å²) >= 11 is 0. The fourth-order valence-corrected chi connectivity index (χ4v) is 3.95. The standard InChI is InChI=1S/C21H24N4O3/c26-14-15-7-8-20(21(10-15)25(27)28)22-17-5-3-9-24(12-17)13-18-11-16-4-1-2-6-19(16)23-18/h1-2,4,6-8,10-11,17,22-23,26H,3,5,9,12-14H2. The van der Waals surface area contributed by atoms with Gasteiger partial charge in [0, 0.05) is 36.4 Å². The topological polar surface area (TPSA) is 94.4 Å². The second kappa shape index (κ2) is 8.00. The maximum Gasteiger partial charge on any atom is 0.292 e. The number of likely N-dealkylation sites (tertiary alicyclic amines) is 1. The number of aromatic nitrogens is 1. The van der Waals surface area contributed by atoms with E-state index in [0.717, 1.165) is 38.0 Å². The molecule has 0 spiro atoms. The Bertz CT molecular complexity index is 952. The van der Waals surface area contributed by atoms with Crippen LogP contribution in [-0.4, -0.2) is 39.0 Å². The highest BCUT2D eigenvalue weighted by Crippen LogP contribution is 2.28. The number of anilines is 1. The molecule has 3 aromatic rings. The van der Waals surface area contributed by atoms with Crippen LogP contribution in [0.2, 0.25) is 0 Å². The number of aliphatic hydroxyl groups excluding tert-OH is 1. The quantitative estimate of drug-likeness (QED) is 0.448. The number of piperidine rings is 1. The van der Waals surface area contributed by atoms with Gasteiger partial charge in [-0.2, -0.15) is 0 Å². The third-order valence-corrected chi connectivity index (χ3v) is 5.29. The van der Waals surface area contributed by atoms with E-state index in [2.05, 4.69) is 33.4 Å². The molecule has 1 atom stereocenters. The average Bonchev–Trinajstić information content (AvgIpc) is 3.10. The van der Waals surface area contributed by atoms with Gasteiger partial charge < -0.3 is 15.4 Å². The minimum absolute atomic E-state index is 0.0132. The normalized spacial score (nSPS) is 17.7. The molecule has 1 unspecified atom stereocenters. The molecule has 1 fully saturated rings. The van der Waals surface area contributed by atoms with Crippen molar-refractivity contribution in [3.05, 3.63) is 69.9 Å². The van der Waals surface area contributed by atoms with E-state index >= 15 is 0 Å². The van der Waals surface area contributed by atoms with Gasteiger partial charge >= 0.3 is 0 Å². The van der Waals surface area contributed by atoms with Crippen LogP contribution < -0.4 is 5.32 Å². The third-order valence-electron chi connectivity index (χ3n) is 5.29. The summed E-state index contributed by atoms with van der Waals surface area (Å²) in [6.45, 7) is 2.47. The number of para-hydroxylation sites is 1. The van der Waals surface area contributed by atoms with E-state index in [-0.39, 0.29) is 18.3 Å². The lowest BCUT2D eigenvalue weighted by Gasteiger charge is -2.33. The van der Waals surface area contributed by atoms with E-state index in [0.29, 0.717) is 11.3 Å². The van der Waals surface area contributed by atoms with Crippen LogP contribution in [0.15, 0.2) is 48.5 Å². The smallest absolute Gasteiger partial charge is 0.292 e. The number of rotatable bonds is 6. The number of H-pyrrole nitrogens is 1. The summed E-state index contributed by atoms with van der Waals surface area (Å²) in [6.07, 6.45) is 2.02. The molecule has 0 saturated carbocycles. The van der Waals surface area contributed by atoms with Crippen LogP contribution in [-0.2, 0) is 13.2 Å². The summed E-state index contributed by atoms with van der Waals surface area (Å²) in [5, 5.41) is 25.2. The molecule has 1 saturated heterocycles. The largest absolute Gasteiger partial charge is 0.392 e. The third kappa shape index (κ3) is 4.00. The lowest BCUT2D eigenvalue weighted by atomic mass is 10.0. The molecular formula is C21H24N4O3. The minimum Gasteiger partial charge on any atom is -0.392 e. The molecule has 146 valence electrons. The summed E-state index contributed by atoms with van der Waals surface area (Å²) in [6, 6.07) is 15.4. The van der Waals surface area contributed by atoms with Gasteiger partial charge in [0.1, 0.15) is 5.69 Å². The Morgan fingerprint density at radius 2 is 2.11 bits per heavy atom. The van der Waals surface area contributed by atoms with Crippen LogP contribution in [0.3, 0.4) is 0 Å². The predicted octanol–water partition coefficient (Wildman–Crippen LogP) is 3.64. The SMILES string of the molecule is O=[N+]([O-])c1cc(CO)ccc1NC1CCCN(Cc2cc3ccccc3[nH]2)C1. The van der Waals surface area contributed by atoms with Crippen LogP contribution in [0.5, 0.6) is 0 Å². The zero-order valence-corrected chi connectivity index (χ0v) is 15.6. The van der Waals surface area contributed by atoms with Crippen LogP contribution >= 0.6 is 0 Å². The Kier molecular flexibility index (Phi) is 5.27. The molecule has 28 heavy (non-hydrogen) atoms. The summed E-state index contributed by atoms with van der Waals surface area (Å²) in [4.78, 5) is 16.8. The molecule has 7 heteroatoms. The first-order valence-corrected chi connectivity index (χ1v) is 9.56. The molecule has 1 aliphatic rings. The molecular weight excluding hydrogens is 356 g/mol. The molecule has 4 rings (SSSR count). The summed E-state index contributed by atoms with van der Waals surface area (Å²) in [5.41, 5.74) is 3.39. The highest BCUT2D eigenvalue weighted by atomic mass is 16.6. The van der Waals surface area contributed by atoms with Gasteiger partial charge in [0.05, 0.1) is 11.5 Å². The van der Waals surface area contributed by atoms with E-state index in [4.69, 9.17) is 0 Å². The van der Waals surface area contributed by atoms with Crippen molar-refractivity contribution in [1.29, 1.82) is 0 Å². The van der Waals surface area contributed by atoms with Gasteiger partial charge in [-0.1, -0.05) is 24.3 Å². The highest BCUT2D eigenvalue weighted by Gasteiger charge is 2.23. The van der Waals surface area contributed by atoms with Crippen molar-refractivity contribution in [2.24, 2.45) is 0 Å². The Morgan fingerprint density at radius 3 is 2.89 bits per heavy atom. The summed E-state index contributed by atoms with van der Waals surface area (Å²) < 4.78 is 0. The number of aliphatic hydroxyl groups is 1. The first-order valence-electron chi connectivity index (χ1n) is 9.56. The van der Waals surface area contributed by atoms with Crippen molar-refractivity contribution in [2.45, 2.75) is 32.0 Å². The number of aromatic amines is 1. The van der Waals surface area contributed by atoms with Crippen molar-refractivity contribution >= 4 is 22.3 Å². The van der Waals surface area contributed by atoms with Gasteiger partial charge in [-0.25, -0.2) is 0 Å².